The molecule has 0 aliphatic rings. The molecule has 2 heterocycles. The van der Waals surface area contributed by atoms with Gasteiger partial charge >= 0.3 is 0 Å². The second kappa shape index (κ2) is 5.38. The smallest absolute Gasteiger partial charge is 0.166 e. The molecule has 0 aliphatic heterocycles. The SMILES string of the molecule is CCc1cc2c(NN)nc(-c3cc(C)ccc3F)nc2s1. The summed E-state index contributed by atoms with van der Waals surface area (Å²) in [6.45, 7) is 3.98. The first-order chi connectivity index (χ1) is 10.1. The highest BCUT2D eigenvalue weighted by molar-refractivity contribution is 7.18. The maximum absolute atomic E-state index is 14.0. The van der Waals surface area contributed by atoms with Gasteiger partial charge in [-0.15, -0.1) is 11.3 Å². The molecular weight excluding hydrogens is 287 g/mol. The molecule has 0 radical (unpaired) electrons. The monoisotopic (exact) mass is 302 g/mol. The fraction of sp³-hybridized carbons (Fsp3) is 0.200. The summed E-state index contributed by atoms with van der Waals surface area (Å²) in [7, 11) is 0. The molecule has 108 valence electrons. The van der Waals surface area contributed by atoms with Crippen LogP contribution in [0.25, 0.3) is 21.6 Å². The molecule has 21 heavy (non-hydrogen) atoms. The number of thiophene rings is 1. The van der Waals surface area contributed by atoms with Crippen molar-refractivity contribution in [1.82, 2.24) is 9.97 Å². The third-order valence-electron chi connectivity index (χ3n) is 3.29. The van der Waals surface area contributed by atoms with Crippen LogP contribution in [0.4, 0.5) is 10.2 Å². The first kappa shape index (κ1) is 13.9. The van der Waals surface area contributed by atoms with E-state index in [9.17, 15) is 4.39 Å². The van der Waals surface area contributed by atoms with Crippen LogP contribution < -0.4 is 11.3 Å². The Hall–Kier alpha value is -2.05. The molecule has 0 bridgehead atoms. The van der Waals surface area contributed by atoms with Gasteiger partial charge in [0.25, 0.3) is 0 Å². The van der Waals surface area contributed by atoms with Crippen LogP contribution in [0.3, 0.4) is 0 Å². The highest BCUT2D eigenvalue weighted by Gasteiger charge is 2.14. The predicted octanol–water partition coefficient (Wildman–Crippen LogP) is 3.65. The molecule has 0 spiro atoms. The number of anilines is 1. The van der Waals surface area contributed by atoms with Crippen molar-refractivity contribution in [3.05, 3.63) is 40.5 Å². The van der Waals surface area contributed by atoms with E-state index in [1.165, 1.54) is 10.9 Å². The van der Waals surface area contributed by atoms with E-state index in [0.29, 0.717) is 17.2 Å². The van der Waals surface area contributed by atoms with Gasteiger partial charge in [0.05, 0.1) is 10.9 Å². The van der Waals surface area contributed by atoms with E-state index in [4.69, 9.17) is 5.84 Å². The Morgan fingerprint density at radius 2 is 2.10 bits per heavy atom. The molecule has 0 amide bonds. The summed E-state index contributed by atoms with van der Waals surface area (Å²) in [6, 6.07) is 6.91. The number of benzene rings is 1. The summed E-state index contributed by atoms with van der Waals surface area (Å²) >= 11 is 1.58. The molecule has 0 unspecified atom stereocenters. The van der Waals surface area contributed by atoms with Crippen LogP contribution in [0.5, 0.6) is 0 Å². The second-order valence-electron chi connectivity index (χ2n) is 4.81. The van der Waals surface area contributed by atoms with E-state index < -0.39 is 0 Å². The van der Waals surface area contributed by atoms with Crippen LogP contribution in [0.1, 0.15) is 17.4 Å². The topological polar surface area (TPSA) is 63.8 Å². The van der Waals surface area contributed by atoms with Crippen molar-refractivity contribution in [2.24, 2.45) is 5.84 Å². The summed E-state index contributed by atoms with van der Waals surface area (Å²) in [6.07, 6.45) is 0.916. The van der Waals surface area contributed by atoms with Gasteiger partial charge in [0, 0.05) is 4.88 Å². The molecule has 0 saturated heterocycles. The van der Waals surface area contributed by atoms with E-state index in [2.05, 4.69) is 22.3 Å². The number of aryl methyl sites for hydroxylation is 2. The number of hydrazine groups is 1. The van der Waals surface area contributed by atoms with Crippen molar-refractivity contribution in [3.8, 4) is 11.4 Å². The Bertz CT molecular complexity index is 813. The summed E-state index contributed by atoms with van der Waals surface area (Å²) in [5.74, 6) is 6.08. The number of fused-ring (bicyclic) bond motifs is 1. The van der Waals surface area contributed by atoms with Gasteiger partial charge in [0.2, 0.25) is 0 Å². The van der Waals surface area contributed by atoms with Crippen LogP contribution in [-0.2, 0) is 6.42 Å². The molecule has 0 aliphatic carbocycles. The van der Waals surface area contributed by atoms with Crippen LogP contribution in [-0.4, -0.2) is 9.97 Å². The van der Waals surface area contributed by atoms with E-state index in [1.807, 2.05) is 13.0 Å². The number of nitrogens with one attached hydrogen (secondary N) is 1. The number of nitrogen functional groups attached to an aromatic ring is 1. The van der Waals surface area contributed by atoms with Gasteiger partial charge in [-0.2, -0.15) is 0 Å². The molecule has 4 nitrogen and oxygen atoms in total. The molecule has 3 aromatic rings. The van der Waals surface area contributed by atoms with Crippen molar-refractivity contribution in [3.63, 3.8) is 0 Å². The van der Waals surface area contributed by atoms with Gasteiger partial charge in [-0.05, 0) is 31.5 Å². The minimum absolute atomic E-state index is 0.338. The first-order valence-electron chi connectivity index (χ1n) is 6.66. The van der Waals surface area contributed by atoms with Gasteiger partial charge in [0.15, 0.2) is 11.6 Å². The number of halogens is 1. The summed E-state index contributed by atoms with van der Waals surface area (Å²) in [4.78, 5) is 10.9. The number of rotatable bonds is 3. The molecule has 0 atom stereocenters. The minimum Gasteiger partial charge on any atom is -0.308 e. The van der Waals surface area contributed by atoms with Crippen LogP contribution in [0.15, 0.2) is 24.3 Å². The minimum atomic E-state index is -0.338. The Morgan fingerprint density at radius 1 is 1.29 bits per heavy atom. The number of nitrogens with two attached hydrogens (primary N) is 1. The lowest BCUT2D eigenvalue weighted by molar-refractivity contribution is 0.629. The predicted molar refractivity (Wildman–Crippen MR) is 84.7 cm³/mol. The van der Waals surface area contributed by atoms with Crippen molar-refractivity contribution in [2.45, 2.75) is 20.3 Å². The Morgan fingerprint density at radius 3 is 2.81 bits per heavy atom. The maximum Gasteiger partial charge on any atom is 0.166 e. The van der Waals surface area contributed by atoms with Gasteiger partial charge in [-0.25, -0.2) is 20.2 Å². The van der Waals surface area contributed by atoms with E-state index in [-0.39, 0.29) is 5.82 Å². The van der Waals surface area contributed by atoms with Crippen LogP contribution in [0.2, 0.25) is 0 Å². The third-order valence-corrected chi connectivity index (χ3v) is 4.46. The number of hydrogen-bond acceptors (Lipinski definition) is 5. The first-order valence-corrected chi connectivity index (χ1v) is 7.47. The average molecular weight is 302 g/mol. The van der Waals surface area contributed by atoms with Crippen LogP contribution >= 0.6 is 11.3 Å². The molecule has 0 saturated carbocycles. The number of nitrogens with zero attached hydrogens (tertiary/aromatic N) is 2. The van der Waals surface area contributed by atoms with Gasteiger partial charge < -0.3 is 5.43 Å². The molecule has 0 fully saturated rings. The largest absolute Gasteiger partial charge is 0.308 e. The van der Waals surface area contributed by atoms with Crippen molar-refractivity contribution in [1.29, 1.82) is 0 Å². The number of hydrogen-bond donors (Lipinski definition) is 2. The highest BCUT2D eigenvalue weighted by Crippen LogP contribution is 2.32. The molecular formula is C15H15FN4S. The Balaban J connectivity index is 2.25. The molecule has 1 aromatic carbocycles. The Kier molecular flexibility index (Phi) is 3.57. The van der Waals surface area contributed by atoms with Crippen molar-refractivity contribution in [2.75, 3.05) is 5.43 Å². The lowest BCUT2D eigenvalue weighted by Gasteiger charge is -2.07. The van der Waals surface area contributed by atoms with E-state index in [1.54, 1.807) is 23.5 Å². The average Bonchev–Trinajstić information content (AvgIpc) is 2.91. The maximum atomic E-state index is 14.0. The summed E-state index contributed by atoms with van der Waals surface area (Å²) < 4.78 is 14.0. The highest BCUT2D eigenvalue weighted by atomic mass is 32.1. The molecule has 6 heteroatoms. The Labute approximate surface area is 125 Å². The zero-order valence-electron chi connectivity index (χ0n) is 11.8. The van der Waals surface area contributed by atoms with E-state index in [0.717, 1.165) is 22.2 Å². The van der Waals surface area contributed by atoms with Crippen molar-refractivity contribution >= 4 is 27.4 Å². The lowest BCUT2D eigenvalue weighted by Crippen LogP contribution is -2.10. The lowest BCUT2D eigenvalue weighted by atomic mass is 10.1. The zero-order valence-corrected chi connectivity index (χ0v) is 12.6. The fourth-order valence-electron chi connectivity index (χ4n) is 2.19. The summed E-state index contributed by atoms with van der Waals surface area (Å²) in [5, 5.41) is 0.871. The fourth-order valence-corrected chi connectivity index (χ4v) is 3.15. The van der Waals surface area contributed by atoms with E-state index >= 15 is 0 Å². The summed E-state index contributed by atoms with van der Waals surface area (Å²) in [5.41, 5.74) is 3.93. The molecule has 2 aromatic heterocycles. The zero-order chi connectivity index (χ0) is 15.0. The third kappa shape index (κ3) is 2.48. The standard InChI is InChI=1S/C15H15FN4S/c1-3-9-7-11-14(20-17)18-13(19-15(11)21-9)10-6-8(2)4-5-12(10)16/h4-7H,3,17H2,1-2H3,(H,18,19,20). The normalized spacial score (nSPS) is 11.0. The molecule has 3 N–H and O–H groups in total. The van der Waals surface area contributed by atoms with Gasteiger partial charge in [-0.1, -0.05) is 18.6 Å². The van der Waals surface area contributed by atoms with Gasteiger partial charge in [-0.3, -0.25) is 0 Å². The molecule has 3 rings (SSSR count). The van der Waals surface area contributed by atoms with Crippen molar-refractivity contribution < 1.29 is 4.39 Å². The quantitative estimate of drug-likeness (QED) is 0.572. The second-order valence-corrected chi connectivity index (χ2v) is 5.92. The number of aromatic nitrogens is 2. The van der Waals surface area contributed by atoms with Crippen LogP contribution in [0, 0.1) is 12.7 Å². The van der Waals surface area contributed by atoms with Gasteiger partial charge in [0.1, 0.15) is 10.6 Å².